The van der Waals surface area contributed by atoms with E-state index in [2.05, 4.69) is 5.32 Å². The minimum Gasteiger partial charge on any atom is -0.506 e. The Hall–Kier alpha value is -1.37. The summed E-state index contributed by atoms with van der Waals surface area (Å²) in [5, 5.41) is 23.9. The van der Waals surface area contributed by atoms with Gasteiger partial charge >= 0.3 is 0 Å². The van der Waals surface area contributed by atoms with Crippen LogP contribution in [0.15, 0.2) is 12.1 Å². The number of nitrogens with zero attached hydrogens (tertiary/aromatic N) is 1. The van der Waals surface area contributed by atoms with Crippen LogP contribution in [0.1, 0.15) is 11.6 Å². The van der Waals surface area contributed by atoms with Gasteiger partial charge in [-0.25, -0.2) is 0 Å². The van der Waals surface area contributed by atoms with E-state index in [-0.39, 0.29) is 28.6 Å². The second-order valence-electron chi connectivity index (χ2n) is 3.67. The molecule has 2 N–H and O–H groups in total. The van der Waals surface area contributed by atoms with Crippen molar-refractivity contribution in [2.24, 2.45) is 0 Å². The molecule has 0 bridgehead atoms. The highest BCUT2D eigenvalue weighted by molar-refractivity contribution is 6.32. The zero-order valence-corrected chi connectivity index (χ0v) is 9.61. The van der Waals surface area contributed by atoms with Gasteiger partial charge < -0.3 is 15.2 Å². The lowest BCUT2D eigenvalue weighted by molar-refractivity contribution is -0.386. The lowest BCUT2D eigenvalue weighted by Gasteiger charge is -2.24. The van der Waals surface area contributed by atoms with Crippen LogP contribution in [0.25, 0.3) is 0 Å². The smallest absolute Gasteiger partial charge is 0.278 e. The second kappa shape index (κ2) is 4.87. The van der Waals surface area contributed by atoms with Gasteiger partial charge in [0.05, 0.1) is 34.8 Å². The first-order valence-electron chi connectivity index (χ1n) is 5.08. The number of phenols is 1. The van der Waals surface area contributed by atoms with Crippen LogP contribution in [0, 0.1) is 10.1 Å². The van der Waals surface area contributed by atoms with Crippen LogP contribution in [-0.4, -0.2) is 29.8 Å². The van der Waals surface area contributed by atoms with Crippen LogP contribution in [0.5, 0.6) is 5.75 Å². The van der Waals surface area contributed by atoms with E-state index >= 15 is 0 Å². The van der Waals surface area contributed by atoms with Gasteiger partial charge in [-0.2, -0.15) is 0 Å². The summed E-state index contributed by atoms with van der Waals surface area (Å²) in [5.41, 5.74) is 0.0251. The van der Waals surface area contributed by atoms with Crippen molar-refractivity contribution in [2.75, 3.05) is 19.8 Å². The summed E-state index contributed by atoms with van der Waals surface area (Å²) in [6.45, 7) is 1.40. The maximum atomic E-state index is 10.9. The normalized spacial score (nSPS) is 20.2. The highest BCUT2D eigenvalue weighted by Crippen LogP contribution is 2.38. The van der Waals surface area contributed by atoms with Gasteiger partial charge in [0.2, 0.25) is 0 Å². The average Bonchev–Trinajstić information content (AvgIpc) is 2.33. The molecule has 6 nitrogen and oxygen atoms in total. The fourth-order valence-electron chi connectivity index (χ4n) is 1.82. The number of halogens is 1. The van der Waals surface area contributed by atoms with Crippen molar-refractivity contribution in [3.63, 3.8) is 0 Å². The molecule has 1 heterocycles. The number of morpholine rings is 1. The largest absolute Gasteiger partial charge is 0.506 e. The van der Waals surface area contributed by atoms with Crippen LogP contribution < -0.4 is 5.32 Å². The van der Waals surface area contributed by atoms with Crippen LogP contribution in [0.4, 0.5) is 5.69 Å². The Labute approximate surface area is 102 Å². The molecule has 1 aromatic carbocycles. The first-order valence-corrected chi connectivity index (χ1v) is 5.46. The van der Waals surface area contributed by atoms with Crippen LogP contribution in [0.2, 0.25) is 5.02 Å². The van der Waals surface area contributed by atoms with Gasteiger partial charge in [-0.15, -0.1) is 0 Å². The summed E-state index contributed by atoms with van der Waals surface area (Å²) in [7, 11) is 0. The van der Waals surface area contributed by atoms with E-state index in [0.29, 0.717) is 13.2 Å². The Bertz CT molecular complexity index is 446. The number of benzene rings is 1. The summed E-state index contributed by atoms with van der Waals surface area (Å²) >= 11 is 5.77. The van der Waals surface area contributed by atoms with Gasteiger partial charge in [0.15, 0.2) is 0 Å². The van der Waals surface area contributed by atoms with E-state index in [0.717, 1.165) is 0 Å². The highest BCUT2D eigenvalue weighted by atomic mass is 35.5. The molecule has 2 rings (SSSR count). The van der Waals surface area contributed by atoms with Crippen molar-refractivity contribution in [2.45, 2.75) is 6.04 Å². The van der Waals surface area contributed by atoms with Crippen LogP contribution in [-0.2, 0) is 4.74 Å². The molecule has 0 saturated carbocycles. The number of rotatable bonds is 2. The monoisotopic (exact) mass is 258 g/mol. The van der Waals surface area contributed by atoms with Crippen molar-refractivity contribution >= 4 is 17.3 Å². The molecule has 1 saturated heterocycles. The fraction of sp³-hybridized carbons (Fsp3) is 0.400. The minimum atomic E-state index is -0.540. The summed E-state index contributed by atoms with van der Waals surface area (Å²) in [6, 6.07) is 2.18. The van der Waals surface area contributed by atoms with Gasteiger partial charge in [0.25, 0.3) is 5.69 Å². The SMILES string of the molecule is O=[N+]([O-])c1ccc(Cl)c(O)c1[C@H]1COCCN1. The Morgan fingerprint density at radius 2 is 2.35 bits per heavy atom. The molecule has 0 amide bonds. The van der Waals surface area contributed by atoms with E-state index in [9.17, 15) is 15.2 Å². The number of nitro benzene ring substituents is 1. The minimum absolute atomic E-state index is 0.0953. The third kappa shape index (κ3) is 2.33. The van der Waals surface area contributed by atoms with Crippen molar-refractivity contribution in [3.8, 4) is 5.75 Å². The molecule has 1 aliphatic heterocycles. The van der Waals surface area contributed by atoms with Gasteiger partial charge in [-0.3, -0.25) is 10.1 Å². The molecule has 1 aliphatic rings. The lowest BCUT2D eigenvalue weighted by Crippen LogP contribution is -2.35. The third-order valence-corrected chi connectivity index (χ3v) is 2.92. The van der Waals surface area contributed by atoms with Crippen molar-refractivity contribution in [1.29, 1.82) is 0 Å². The Balaban J connectivity index is 2.48. The third-order valence-electron chi connectivity index (χ3n) is 2.61. The Kier molecular flexibility index (Phi) is 3.46. The van der Waals surface area contributed by atoms with Gasteiger partial charge in [0.1, 0.15) is 5.75 Å². The fourth-order valence-corrected chi connectivity index (χ4v) is 1.99. The molecule has 0 aliphatic carbocycles. The number of ether oxygens (including phenoxy) is 1. The standard InChI is InChI=1S/C10H11ClN2O4/c11-6-1-2-8(13(15)16)9(10(6)14)7-5-17-4-3-12-7/h1-2,7,12,14H,3-5H2/t7-/m1/s1. The molecule has 0 radical (unpaired) electrons. The quantitative estimate of drug-likeness (QED) is 0.622. The molecule has 92 valence electrons. The van der Waals surface area contributed by atoms with Gasteiger partial charge in [-0.05, 0) is 6.07 Å². The second-order valence-corrected chi connectivity index (χ2v) is 4.07. The Morgan fingerprint density at radius 3 is 2.94 bits per heavy atom. The van der Waals surface area contributed by atoms with Gasteiger partial charge in [0, 0.05) is 12.6 Å². The first kappa shape index (κ1) is 12.1. The van der Waals surface area contributed by atoms with Crippen LogP contribution >= 0.6 is 11.6 Å². The molecular formula is C10H11ClN2O4. The predicted octanol–water partition coefficient (Wildman–Crippen LogP) is 1.61. The highest BCUT2D eigenvalue weighted by Gasteiger charge is 2.28. The van der Waals surface area contributed by atoms with E-state index < -0.39 is 11.0 Å². The summed E-state index contributed by atoms with van der Waals surface area (Å²) < 4.78 is 5.23. The maximum absolute atomic E-state index is 10.9. The molecule has 1 fully saturated rings. The zero-order valence-electron chi connectivity index (χ0n) is 8.85. The number of nitro groups is 1. The lowest BCUT2D eigenvalue weighted by atomic mass is 10.0. The number of nitrogens with one attached hydrogen (secondary N) is 1. The molecule has 0 spiro atoms. The molecule has 1 aromatic rings. The summed E-state index contributed by atoms with van der Waals surface area (Å²) in [5.74, 6) is -0.260. The molecule has 7 heteroatoms. The van der Waals surface area contributed by atoms with Crippen molar-refractivity contribution in [1.82, 2.24) is 5.32 Å². The predicted molar refractivity (Wildman–Crippen MR) is 61.3 cm³/mol. The average molecular weight is 259 g/mol. The first-order chi connectivity index (χ1) is 8.11. The van der Waals surface area contributed by atoms with E-state index in [4.69, 9.17) is 16.3 Å². The number of hydrogen-bond acceptors (Lipinski definition) is 5. The molecule has 0 unspecified atom stereocenters. The van der Waals surface area contributed by atoms with Crippen molar-refractivity contribution in [3.05, 3.63) is 32.8 Å². The topological polar surface area (TPSA) is 84.6 Å². The van der Waals surface area contributed by atoms with E-state index in [1.807, 2.05) is 0 Å². The molecule has 1 atom stereocenters. The Morgan fingerprint density at radius 1 is 1.59 bits per heavy atom. The summed E-state index contributed by atoms with van der Waals surface area (Å²) in [4.78, 5) is 10.4. The van der Waals surface area contributed by atoms with E-state index in [1.165, 1.54) is 12.1 Å². The zero-order chi connectivity index (χ0) is 12.4. The number of hydrogen-bond donors (Lipinski definition) is 2. The number of phenolic OH excluding ortho intramolecular Hbond substituents is 1. The van der Waals surface area contributed by atoms with E-state index in [1.54, 1.807) is 0 Å². The molecular weight excluding hydrogens is 248 g/mol. The van der Waals surface area contributed by atoms with Crippen molar-refractivity contribution < 1.29 is 14.8 Å². The summed E-state index contributed by atoms with van der Waals surface area (Å²) in [6.07, 6.45) is 0. The molecule has 17 heavy (non-hydrogen) atoms. The molecule has 0 aromatic heterocycles. The van der Waals surface area contributed by atoms with Gasteiger partial charge in [-0.1, -0.05) is 11.6 Å². The number of aromatic hydroxyl groups is 1. The maximum Gasteiger partial charge on any atom is 0.278 e. The van der Waals surface area contributed by atoms with Crippen LogP contribution in [0.3, 0.4) is 0 Å².